The number of nitrogens with one attached hydrogen (secondary N) is 2. The van der Waals surface area contributed by atoms with E-state index in [0.717, 1.165) is 11.9 Å². The van der Waals surface area contributed by atoms with Gasteiger partial charge < -0.3 is 4.90 Å². The molecule has 0 radical (unpaired) electrons. The molecule has 12 heteroatoms. The predicted octanol–water partition coefficient (Wildman–Crippen LogP) is 2.62. The van der Waals surface area contributed by atoms with Gasteiger partial charge in [-0.1, -0.05) is 42.5 Å². The molecule has 0 aliphatic carbocycles. The van der Waals surface area contributed by atoms with Crippen molar-refractivity contribution < 1.29 is 14.6 Å². The smallest absolute Gasteiger partial charge is 0.349 e. The molecule has 0 aliphatic rings. The van der Waals surface area contributed by atoms with Crippen LogP contribution >= 0.6 is 0 Å². The molecule has 0 bridgehead atoms. The van der Waals surface area contributed by atoms with Crippen molar-refractivity contribution in [2.75, 3.05) is 17.4 Å². The van der Waals surface area contributed by atoms with E-state index in [1.807, 2.05) is 30.3 Å². The van der Waals surface area contributed by atoms with E-state index >= 15 is 0 Å². The molecule has 0 aliphatic heterocycles. The summed E-state index contributed by atoms with van der Waals surface area (Å²) in [4.78, 5) is 43.0. The van der Waals surface area contributed by atoms with Crippen LogP contribution in [0.2, 0.25) is 0 Å². The van der Waals surface area contributed by atoms with Crippen molar-refractivity contribution in [1.29, 1.82) is 0 Å². The molecule has 32 heavy (non-hydrogen) atoms. The van der Waals surface area contributed by atoms with Gasteiger partial charge in [0.2, 0.25) is 17.5 Å². The maximum absolute atomic E-state index is 12.2. The molecule has 0 saturated carbocycles. The molecule has 0 unspecified atom stereocenters. The van der Waals surface area contributed by atoms with E-state index < -0.39 is 15.8 Å². The van der Waals surface area contributed by atoms with Gasteiger partial charge in [0.15, 0.2) is 0 Å². The van der Waals surface area contributed by atoms with Gasteiger partial charge in [-0.25, -0.2) is 9.97 Å². The molecule has 1 amide bonds. The third-order valence-electron chi connectivity index (χ3n) is 4.44. The molecule has 0 spiro atoms. The topological polar surface area (TPSA) is 156 Å². The Kier molecular flexibility index (Phi) is 6.85. The number of nitro groups is 2. The highest BCUT2D eigenvalue weighted by atomic mass is 16.6. The lowest BCUT2D eigenvalue weighted by molar-refractivity contribution is -0.384. The van der Waals surface area contributed by atoms with E-state index in [4.69, 9.17) is 0 Å². The van der Waals surface area contributed by atoms with Crippen LogP contribution in [0.3, 0.4) is 0 Å². The fourth-order valence-electron chi connectivity index (χ4n) is 2.93. The second kappa shape index (κ2) is 9.93. The minimum absolute atomic E-state index is 0.0842. The average molecular weight is 437 g/mol. The van der Waals surface area contributed by atoms with E-state index in [2.05, 4.69) is 20.8 Å². The monoisotopic (exact) mass is 437 g/mol. The number of rotatable bonds is 9. The Balaban J connectivity index is 1.70. The van der Waals surface area contributed by atoms with E-state index in [-0.39, 0.29) is 29.4 Å². The lowest BCUT2D eigenvalue weighted by atomic mass is 10.1. The molecular formula is C20H19N7O5. The van der Waals surface area contributed by atoms with Gasteiger partial charge >= 0.3 is 5.69 Å². The van der Waals surface area contributed by atoms with Gasteiger partial charge in [0.1, 0.15) is 6.33 Å². The first-order chi connectivity index (χ1) is 15.3. The number of hydrogen-bond donors (Lipinski definition) is 2. The minimum atomic E-state index is -0.623. The first-order valence-electron chi connectivity index (χ1n) is 9.38. The van der Waals surface area contributed by atoms with Crippen LogP contribution in [-0.2, 0) is 17.8 Å². The number of benzene rings is 2. The first kappa shape index (κ1) is 22.1. The van der Waals surface area contributed by atoms with E-state index in [0.29, 0.717) is 12.1 Å². The molecule has 3 aromatic rings. The molecule has 12 nitrogen and oxygen atoms in total. The molecule has 0 saturated heterocycles. The van der Waals surface area contributed by atoms with Crippen molar-refractivity contribution in [2.45, 2.75) is 13.0 Å². The second-order valence-corrected chi connectivity index (χ2v) is 6.77. The van der Waals surface area contributed by atoms with Gasteiger partial charge in [-0.05, 0) is 11.1 Å². The number of carbonyl (C=O) groups is 1. The van der Waals surface area contributed by atoms with Crippen molar-refractivity contribution >= 4 is 28.9 Å². The lowest BCUT2D eigenvalue weighted by Crippen LogP contribution is -2.32. The zero-order chi connectivity index (χ0) is 23.1. The van der Waals surface area contributed by atoms with Crippen LogP contribution in [0.25, 0.3) is 0 Å². The predicted molar refractivity (Wildman–Crippen MR) is 116 cm³/mol. The Hall–Kier alpha value is -4.61. The average Bonchev–Trinajstić information content (AvgIpc) is 2.78. The van der Waals surface area contributed by atoms with Crippen LogP contribution in [0.5, 0.6) is 0 Å². The maximum atomic E-state index is 12.2. The van der Waals surface area contributed by atoms with Gasteiger partial charge in [-0.15, -0.1) is 0 Å². The first-order valence-corrected chi connectivity index (χ1v) is 9.38. The fourth-order valence-corrected chi connectivity index (χ4v) is 2.93. The Morgan fingerprint density at radius 3 is 2.28 bits per heavy atom. The standard InChI is InChI=1S/C20H19N7O5/c1-25(12-15-5-3-2-4-6-15)20-18(27(31)32)19(21-13-22-20)24-23-17(28)11-14-7-9-16(10-8-14)26(29)30/h2-10,13H,11-12H2,1H3,(H,23,28)(H,21,22,24). The largest absolute Gasteiger partial charge is 0.355 e. The van der Waals surface area contributed by atoms with E-state index in [9.17, 15) is 25.0 Å². The SMILES string of the molecule is CN(Cc1ccccc1)c1ncnc(NNC(=O)Cc2ccc([N+](=O)[O-])cc2)c1[N+](=O)[O-]. The van der Waals surface area contributed by atoms with Gasteiger partial charge in [0, 0.05) is 25.7 Å². The van der Waals surface area contributed by atoms with E-state index in [1.165, 1.54) is 24.3 Å². The summed E-state index contributed by atoms with van der Waals surface area (Å²) in [6.45, 7) is 0.380. The molecule has 164 valence electrons. The Labute approximate surface area is 182 Å². The number of anilines is 2. The summed E-state index contributed by atoms with van der Waals surface area (Å²) in [5.74, 6) is -0.594. The molecular weight excluding hydrogens is 418 g/mol. The van der Waals surface area contributed by atoms with Crippen molar-refractivity contribution in [3.63, 3.8) is 0 Å². The highest BCUT2D eigenvalue weighted by molar-refractivity contribution is 5.81. The van der Waals surface area contributed by atoms with Crippen molar-refractivity contribution in [2.24, 2.45) is 0 Å². The Morgan fingerprint density at radius 1 is 0.969 bits per heavy atom. The second-order valence-electron chi connectivity index (χ2n) is 6.77. The van der Waals surface area contributed by atoms with E-state index in [1.54, 1.807) is 11.9 Å². The molecule has 0 atom stereocenters. The van der Waals surface area contributed by atoms with Crippen LogP contribution in [0.1, 0.15) is 11.1 Å². The Morgan fingerprint density at radius 2 is 1.66 bits per heavy atom. The summed E-state index contributed by atoms with van der Waals surface area (Å²) in [5, 5.41) is 22.4. The third kappa shape index (κ3) is 5.50. The molecule has 1 aromatic heterocycles. The highest BCUT2D eigenvalue weighted by Gasteiger charge is 2.26. The van der Waals surface area contributed by atoms with Gasteiger partial charge in [-0.3, -0.25) is 35.9 Å². The molecule has 1 heterocycles. The number of aromatic nitrogens is 2. The highest BCUT2D eigenvalue weighted by Crippen LogP contribution is 2.31. The third-order valence-corrected chi connectivity index (χ3v) is 4.44. The number of nitro benzene ring substituents is 1. The van der Waals surface area contributed by atoms with Crippen LogP contribution < -0.4 is 15.8 Å². The lowest BCUT2D eigenvalue weighted by Gasteiger charge is -2.19. The summed E-state index contributed by atoms with van der Waals surface area (Å²) in [7, 11) is 1.67. The van der Waals surface area contributed by atoms with Crippen molar-refractivity contribution in [1.82, 2.24) is 15.4 Å². The fraction of sp³-hybridized carbons (Fsp3) is 0.150. The normalized spacial score (nSPS) is 10.3. The maximum Gasteiger partial charge on any atom is 0.355 e. The summed E-state index contributed by atoms with van der Waals surface area (Å²) in [6, 6.07) is 14.9. The van der Waals surface area contributed by atoms with Gasteiger partial charge in [0.25, 0.3) is 5.69 Å². The van der Waals surface area contributed by atoms with Crippen LogP contribution in [0, 0.1) is 20.2 Å². The number of amides is 1. The molecule has 2 aromatic carbocycles. The number of non-ortho nitro benzene ring substituents is 1. The van der Waals surface area contributed by atoms with Crippen LogP contribution in [0.15, 0.2) is 60.9 Å². The summed E-state index contributed by atoms with van der Waals surface area (Å²) >= 11 is 0. The number of hydrazine groups is 1. The minimum Gasteiger partial charge on any atom is -0.349 e. The number of hydrogen-bond acceptors (Lipinski definition) is 9. The summed E-state index contributed by atoms with van der Waals surface area (Å²) in [6.07, 6.45) is 1.07. The molecule has 2 N–H and O–H groups in total. The zero-order valence-corrected chi connectivity index (χ0v) is 17.0. The summed E-state index contributed by atoms with van der Waals surface area (Å²) < 4.78 is 0. The zero-order valence-electron chi connectivity index (χ0n) is 17.0. The number of nitrogens with zero attached hydrogens (tertiary/aromatic N) is 5. The van der Waals surface area contributed by atoms with Gasteiger partial charge in [-0.2, -0.15) is 0 Å². The van der Waals surface area contributed by atoms with Crippen molar-refractivity contribution in [3.05, 3.63) is 92.3 Å². The number of carbonyl (C=O) groups excluding carboxylic acids is 1. The van der Waals surface area contributed by atoms with Gasteiger partial charge in [0.05, 0.1) is 16.3 Å². The Bertz CT molecular complexity index is 1120. The van der Waals surface area contributed by atoms with Crippen LogP contribution in [-0.4, -0.2) is 32.8 Å². The van der Waals surface area contributed by atoms with Crippen LogP contribution in [0.4, 0.5) is 23.0 Å². The molecule has 3 rings (SSSR count). The summed E-state index contributed by atoms with van der Waals surface area (Å²) in [5.41, 5.74) is 5.84. The van der Waals surface area contributed by atoms with Crippen molar-refractivity contribution in [3.8, 4) is 0 Å². The quantitative estimate of drug-likeness (QED) is 0.379. The molecule has 0 fully saturated rings.